The molecule has 0 unspecified atom stereocenters. The van der Waals surface area contributed by atoms with Crippen LogP contribution in [0, 0.1) is 0 Å². The number of methoxy groups -OCH3 is 1. The Morgan fingerprint density at radius 2 is 1.81 bits per heavy atom. The van der Waals surface area contributed by atoms with Crippen molar-refractivity contribution in [2.45, 2.75) is 31.6 Å². The molecule has 0 saturated carbocycles. The lowest BCUT2D eigenvalue weighted by Gasteiger charge is -2.35. The van der Waals surface area contributed by atoms with Crippen LogP contribution in [-0.4, -0.2) is 36.7 Å². The summed E-state index contributed by atoms with van der Waals surface area (Å²) in [7, 11) is 1.64. The molecule has 3 rings (SSSR count). The molecule has 0 radical (unpaired) electrons. The number of benzene rings is 2. The Bertz CT molecular complexity index is 728. The number of rotatable bonds is 6. The van der Waals surface area contributed by atoms with Gasteiger partial charge >= 0.3 is 0 Å². The Labute approximate surface area is 154 Å². The lowest BCUT2D eigenvalue weighted by atomic mass is 9.92. The monoisotopic (exact) mass is 356 g/mol. The van der Waals surface area contributed by atoms with Crippen LogP contribution in [0.4, 0.5) is 4.39 Å². The number of amides is 1. The van der Waals surface area contributed by atoms with Crippen molar-refractivity contribution in [3.8, 4) is 5.75 Å². The van der Waals surface area contributed by atoms with Gasteiger partial charge in [0.1, 0.15) is 5.75 Å². The van der Waals surface area contributed by atoms with E-state index in [4.69, 9.17) is 4.74 Å². The predicted molar refractivity (Wildman–Crippen MR) is 99.6 cm³/mol. The maximum absolute atomic E-state index is 15.0. The molecule has 0 bridgehead atoms. The van der Waals surface area contributed by atoms with Gasteiger partial charge in [-0.3, -0.25) is 9.69 Å². The topological polar surface area (TPSA) is 41.6 Å². The molecule has 138 valence electrons. The van der Waals surface area contributed by atoms with Crippen LogP contribution >= 0.6 is 0 Å². The summed E-state index contributed by atoms with van der Waals surface area (Å²) in [6.45, 7) is 2.22. The molecule has 2 aromatic rings. The van der Waals surface area contributed by atoms with Crippen molar-refractivity contribution in [2.75, 3.05) is 20.2 Å². The van der Waals surface area contributed by atoms with Gasteiger partial charge in [0.2, 0.25) is 0 Å². The Balaban J connectivity index is 1.50. The van der Waals surface area contributed by atoms with Crippen molar-refractivity contribution < 1.29 is 13.9 Å². The zero-order valence-corrected chi connectivity index (χ0v) is 15.1. The molecule has 1 aliphatic rings. The van der Waals surface area contributed by atoms with Crippen LogP contribution in [0.15, 0.2) is 54.6 Å². The van der Waals surface area contributed by atoms with Crippen molar-refractivity contribution in [1.82, 2.24) is 10.2 Å². The van der Waals surface area contributed by atoms with Crippen LogP contribution in [0.25, 0.3) is 0 Å². The van der Waals surface area contributed by atoms with E-state index in [1.165, 1.54) is 0 Å². The molecule has 0 aliphatic carbocycles. The molecule has 1 heterocycles. The van der Waals surface area contributed by atoms with Gasteiger partial charge in [0.05, 0.1) is 7.11 Å². The number of hydrogen-bond donors (Lipinski definition) is 1. The zero-order valence-electron chi connectivity index (χ0n) is 15.1. The molecule has 1 N–H and O–H groups in total. The average Bonchev–Trinajstić information content (AvgIpc) is 2.69. The summed E-state index contributed by atoms with van der Waals surface area (Å²) in [6, 6.07) is 17.5. The summed E-state index contributed by atoms with van der Waals surface area (Å²) in [6.07, 6.45) is 0.440. The van der Waals surface area contributed by atoms with E-state index >= 15 is 4.39 Å². The first kappa shape index (κ1) is 18.4. The first-order valence-electron chi connectivity index (χ1n) is 8.95. The molecule has 1 fully saturated rings. The first-order chi connectivity index (χ1) is 12.6. The lowest BCUT2D eigenvalue weighted by Crippen LogP contribution is -2.50. The molecule has 26 heavy (non-hydrogen) atoms. The lowest BCUT2D eigenvalue weighted by molar-refractivity contribution is -0.136. The number of nitrogens with one attached hydrogen (secondary N) is 1. The summed E-state index contributed by atoms with van der Waals surface area (Å²) < 4.78 is 20.3. The largest absolute Gasteiger partial charge is 0.497 e. The number of piperidine rings is 1. The normalized spacial score (nSPS) is 16.8. The minimum absolute atomic E-state index is 0.220. The fourth-order valence-corrected chi connectivity index (χ4v) is 3.26. The second-order valence-corrected chi connectivity index (χ2v) is 6.76. The van der Waals surface area contributed by atoms with Gasteiger partial charge in [0.15, 0.2) is 5.67 Å². The van der Waals surface area contributed by atoms with Crippen LogP contribution in [0.2, 0.25) is 0 Å². The third kappa shape index (κ3) is 4.61. The number of carbonyl (C=O) groups is 1. The van der Waals surface area contributed by atoms with Crippen LogP contribution in [0.1, 0.15) is 24.0 Å². The summed E-state index contributed by atoms with van der Waals surface area (Å²) in [5.41, 5.74) is 0.323. The fraction of sp³-hybridized carbons (Fsp3) is 0.381. The molecule has 1 aliphatic heterocycles. The molecule has 1 saturated heterocycles. The maximum Gasteiger partial charge on any atom is 0.258 e. The summed E-state index contributed by atoms with van der Waals surface area (Å²) in [5, 5.41) is 2.74. The summed E-state index contributed by atoms with van der Waals surface area (Å²) in [5.74, 6) is 0.321. The number of alkyl halides is 1. The highest BCUT2D eigenvalue weighted by molar-refractivity contribution is 5.85. The molecule has 0 aromatic heterocycles. The molecular formula is C21H25FN2O2. The highest BCUT2D eigenvalue weighted by atomic mass is 19.1. The number of likely N-dealkylation sites (tertiary alicyclic amines) is 1. The molecule has 4 nitrogen and oxygen atoms in total. The van der Waals surface area contributed by atoms with Crippen molar-refractivity contribution in [2.24, 2.45) is 0 Å². The van der Waals surface area contributed by atoms with E-state index in [-0.39, 0.29) is 12.8 Å². The van der Waals surface area contributed by atoms with Gasteiger partial charge in [-0.25, -0.2) is 4.39 Å². The van der Waals surface area contributed by atoms with E-state index < -0.39 is 11.6 Å². The van der Waals surface area contributed by atoms with E-state index in [1.807, 2.05) is 54.6 Å². The number of ether oxygens (including phenoxy) is 1. The average molecular weight is 356 g/mol. The van der Waals surface area contributed by atoms with Crippen molar-refractivity contribution in [1.29, 1.82) is 0 Å². The maximum atomic E-state index is 15.0. The van der Waals surface area contributed by atoms with Crippen molar-refractivity contribution >= 4 is 5.91 Å². The Morgan fingerprint density at radius 1 is 1.12 bits per heavy atom. The van der Waals surface area contributed by atoms with E-state index in [0.717, 1.165) is 23.4 Å². The second kappa shape index (κ2) is 8.32. The predicted octanol–water partition coefficient (Wildman–Crippen LogP) is 3.32. The minimum atomic E-state index is -1.78. The highest BCUT2D eigenvalue weighted by Gasteiger charge is 2.41. The number of nitrogens with zero attached hydrogens (tertiary/aromatic N) is 1. The molecule has 2 aromatic carbocycles. The van der Waals surface area contributed by atoms with E-state index in [9.17, 15) is 4.79 Å². The number of carbonyl (C=O) groups excluding carboxylic acids is 1. The van der Waals surface area contributed by atoms with Gasteiger partial charge in [-0.2, -0.15) is 0 Å². The second-order valence-electron chi connectivity index (χ2n) is 6.76. The first-order valence-corrected chi connectivity index (χ1v) is 8.95. The fourth-order valence-electron chi connectivity index (χ4n) is 3.26. The van der Waals surface area contributed by atoms with Crippen LogP contribution in [0.5, 0.6) is 5.75 Å². The Hall–Kier alpha value is -2.40. The van der Waals surface area contributed by atoms with Crippen LogP contribution in [-0.2, 0) is 17.9 Å². The minimum Gasteiger partial charge on any atom is -0.497 e. The number of halogens is 1. The molecule has 0 spiro atoms. The molecule has 0 atom stereocenters. The van der Waals surface area contributed by atoms with Gasteiger partial charge < -0.3 is 10.1 Å². The van der Waals surface area contributed by atoms with Crippen LogP contribution < -0.4 is 10.1 Å². The standard InChI is InChI=1S/C21H25FN2O2/c1-26-19-9-5-8-18(14-19)16-24-12-10-21(22,11-13-24)20(25)23-15-17-6-3-2-4-7-17/h2-9,14H,10-13,15-16H2,1H3,(H,23,25). The summed E-state index contributed by atoms with van der Waals surface area (Å²) >= 11 is 0. The Kier molecular flexibility index (Phi) is 5.89. The molecule has 5 heteroatoms. The van der Waals surface area contributed by atoms with E-state index in [0.29, 0.717) is 19.6 Å². The van der Waals surface area contributed by atoms with Crippen LogP contribution in [0.3, 0.4) is 0 Å². The third-order valence-corrected chi connectivity index (χ3v) is 4.89. The number of hydrogen-bond acceptors (Lipinski definition) is 3. The SMILES string of the molecule is COc1cccc(CN2CCC(F)(C(=O)NCc3ccccc3)CC2)c1. The van der Waals surface area contributed by atoms with Gasteiger partial charge in [-0.05, 0) is 23.3 Å². The third-order valence-electron chi connectivity index (χ3n) is 4.89. The van der Waals surface area contributed by atoms with E-state index in [1.54, 1.807) is 7.11 Å². The van der Waals surface area contributed by atoms with E-state index in [2.05, 4.69) is 10.2 Å². The van der Waals surface area contributed by atoms with Crippen molar-refractivity contribution in [3.63, 3.8) is 0 Å². The Morgan fingerprint density at radius 3 is 2.50 bits per heavy atom. The highest BCUT2D eigenvalue weighted by Crippen LogP contribution is 2.28. The summed E-state index contributed by atoms with van der Waals surface area (Å²) in [4.78, 5) is 14.5. The zero-order chi connectivity index (χ0) is 18.4. The smallest absolute Gasteiger partial charge is 0.258 e. The van der Waals surface area contributed by atoms with Gasteiger partial charge in [0.25, 0.3) is 5.91 Å². The van der Waals surface area contributed by atoms with Gasteiger partial charge in [-0.15, -0.1) is 0 Å². The molecular weight excluding hydrogens is 331 g/mol. The quantitative estimate of drug-likeness (QED) is 0.863. The van der Waals surface area contributed by atoms with Gasteiger partial charge in [0, 0.05) is 39.0 Å². The van der Waals surface area contributed by atoms with Crippen molar-refractivity contribution in [3.05, 3.63) is 65.7 Å². The van der Waals surface area contributed by atoms with Gasteiger partial charge in [-0.1, -0.05) is 42.5 Å². The molecule has 1 amide bonds.